The summed E-state index contributed by atoms with van der Waals surface area (Å²) in [7, 11) is 0. The molecule has 0 amide bonds. The number of nitrogens with zero attached hydrogens (tertiary/aromatic N) is 1. The van der Waals surface area contributed by atoms with Crippen LogP contribution in [-0.4, -0.2) is 4.98 Å². The molecule has 0 radical (unpaired) electrons. The largest absolute Gasteiger partial charge is 0.261 e. The highest BCUT2D eigenvalue weighted by atomic mass is 19.1. The van der Waals surface area contributed by atoms with Crippen LogP contribution in [0.1, 0.15) is 64.4 Å². The van der Waals surface area contributed by atoms with E-state index in [4.69, 9.17) is 0 Å². The molecule has 0 aliphatic rings. The van der Waals surface area contributed by atoms with Gasteiger partial charge >= 0.3 is 0 Å². The van der Waals surface area contributed by atoms with Crippen molar-refractivity contribution in [3.05, 3.63) is 29.8 Å². The molecule has 0 aliphatic carbocycles. The third kappa shape index (κ3) is 11.3. The van der Waals surface area contributed by atoms with Gasteiger partial charge in [0.1, 0.15) is 5.82 Å². The maximum Gasteiger partial charge on any atom is 0.141 e. The molecule has 0 fully saturated rings. The van der Waals surface area contributed by atoms with Crippen molar-refractivity contribution in [3.8, 4) is 0 Å². The zero-order valence-corrected chi connectivity index (χ0v) is 11.5. The molecule has 1 rings (SSSR count). The van der Waals surface area contributed by atoms with Gasteiger partial charge in [-0.25, -0.2) is 4.39 Å². The first-order valence-electron chi connectivity index (χ1n) is 6.77. The van der Waals surface area contributed by atoms with Crippen LogP contribution >= 0.6 is 0 Å². The SMILES string of the molecule is CCCCCCCCC.Cc1cncc(F)c1. The minimum absolute atomic E-state index is 0.273. The molecule has 0 N–H and O–H groups in total. The number of pyridine rings is 1. The maximum atomic E-state index is 12.1. The molecule has 2 heteroatoms. The average molecular weight is 239 g/mol. The molecule has 0 aliphatic heterocycles. The molecule has 17 heavy (non-hydrogen) atoms. The Kier molecular flexibility index (Phi) is 10.9. The number of hydrogen-bond donors (Lipinski definition) is 0. The maximum absolute atomic E-state index is 12.1. The van der Waals surface area contributed by atoms with Gasteiger partial charge in [0.05, 0.1) is 6.20 Å². The van der Waals surface area contributed by atoms with Gasteiger partial charge in [0.2, 0.25) is 0 Å². The second kappa shape index (κ2) is 11.6. The van der Waals surface area contributed by atoms with Gasteiger partial charge in [0.25, 0.3) is 0 Å². The number of rotatable bonds is 6. The fourth-order valence-corrected chi connectivity index (χ4v) is 1.55. The Bertz CT molecular complexity index is 250. The van der Waals surface area contributed by atoms with Crippen LogP contribution in [0.25, 0.3) is 0 Å². The molecular formula is C15H26FN. The quantitative estimate of drug-likeness (QED) is 0.615. The van der Waals surface area contributed by atoms with E-state index in [9.17, 15) is 4.39 Å². The van der Waals surface area contributed by atoms with E-state index in [1.54, 1.807) is 13.1 Å². The Balaban J connectivity index is 0.000000302. The number of halogens is 1. The van der Waals surface area contributed by atoms with E-state index in [-0.39, 0.29) is 5.82 Å². The van der Waals surface area contributed by atoms with Crippen LogP contribution in [0, 0.1) is 12.7 Å². The molecule has 0 unspecified atom stereocenters. The molecule has 0 atom stereocenters. The fraction of sp³-hybridized carbons (Fsp3) is 0.667. The van der Waals surface area contributed by atoms with Crippen LogP contribution in [0.3, 0.4) is 0 Å². The first kappa shape index (κ1) is 16.1. The fourth-order valence-electron chi connectivity index (χ4n) is 1.55. The Hall–Kier alpha value is -0.920. The standard InChI is InChI=1S/C9H20.C6H6FN/c1-3-5-7-9-8-6-4-2;1-5-2-6(7)4-8-3-5/h3-9H2,1-2H3;2-4H,1H3. The molecule has 0 aromatic carbocycles. The summed E-state index contributed by atoms with van der Waals surface area (Å²) in [6.07, 6.45) is 12.8. The van der Waals surface area contributed by atoms with Crippen molar-refractivity contribution < 1.29 is 4.39 Å². The van der Waals surface area contributed by atoms with Crippen LogP contribution in [0.15, 0.2) is 18.5 Å². The van der Waals surface area contributed by atoms with Gasteiger partial charge in [-0.1, -0.05) is 58.8 Å². The Morgan fingerprint density at radius 3 is 1.82 bits per heavy atom. The zero-order valence-electron chi connectivity index (χ0n) is 11.5. The van der Waals surface area contributed by atoms with E-state index in [0.717, 1.165) is 5.56 Å². The summed E-state index contributed by atoms with van der Waals surface area (Å²) in [5.74, 6) is -0.273. The van der Waals surface area contributed by atoms with Gasteiger partial charge in [-0.3, -0.25) is 4.98 Å². The first-order chi connectivity index (χ1) is 8.20. The lowest BCUT2D eigenvalue weighted by atomic mass is 10.1. The third-order valence-corrected chi connectivity index (χ3v) is 2.55. The lowest BCUT2D eigenvalue weighted by Crippen LogP contribution is -1.77. The zero-order chi connectivity index (χ0) is 12.9. The van der Waals surface area contributed by atoms with Crippen molar-refractivity contribution >= 4 is 0 Å². The minimum atomic E-state index is -0.273. The molecule has 1 aromatic rings. The highest BCUT2D eigenvalue weighted by molar-refractivity contribution is 5.06. The van der Waals surface area contributed by atoms with E-state index in [1.165, 1.54) is 57.2 Å². The molecule has 1 heterocycles. The average Bonchev–Trinajstić information content (AvgIpc) is 2.29. The summed E-state index contributed by atoms with van der Waals surface area (Å²) < 4.78 is 12.1. The van der Waals surface area contributed by atoms with Crippen LogP contribution in [-0.2, 0) is 0 Å². The second-order valence-electron chi connectivity index (χ2n) is 4.45. The van der Waals surface area contributed by atoms with E-state index in [0.29, 0.717) is 0 Å². The summed E-state index contributed by atoms with van der Waals surface area (Å²) in [6.45, 7) is 6.33. The molecular weight excluding hydrogens is 213 g/mol. The van der Waals surface area contributed by atoms with Gasteiger partial charge in [-0.15, -0.1) is 0 Å². The van der Waals surface area contributed by atoms with Crippen LogP contribution in [0.2, 0.25) is 0 Å². The van der Waals surface area contributed by atoms with Crippen LogP contribution in [0.5, 0.6) is 0 Å². The van der Waals surface area contributed by atoms with Crippen molar-refractivity contribution in [1.82, 2.24) is 4.98 Å². The lowest BCUT2D eigenvalue weighted by Gasteiger charge is -1.96. The summed E-state index contributed by atoms with van der Waals surface area (Å²) in [4.78, 5) is 3.61. The van der Waals surface area contributed by atoms with Crippen molar-refractivity contribution in [2.24, 2.45) is 0 Å². The summed E-state index contributed by atoms with van der Waals surface area (Å²) in [5, 5.41) is 0. The van der Waals surface area contributed by atoms with Gasteiger partial charge < -0.3 is 0 Å². The topological polar surface area (TPSA) is 12.9 Å². The summed E-state index contributed by atoms with van der Waals surface area (Å²) >= 11 is 0. The molecule has 0 spiro atoms. The van der Waals surface area contributed by atoms with E-state index < -0.39 is 0 Å². The van der Waals surface area contributed by atoms with E-state index in [2.05, 4.69) is 18.8 Å². The lowest BCUT2D eigenvalue weighted by molar-refractivity contribution is 0.602. The molecule has 0 saturated heterocycles. The van der Waals surface area contributed by atoms with Gasteiger partial charge in [-0.2, -0.15) is 0 Å². The van der Waals surface area contributed by atoms with Crippen LogP contribution < -0.4 is 0 Å². The van der Waals surface area contributed by atoms with Crippen molar-refractivity contribution in [2.75, 3.05) is 0 Å². The molecule has 0 bridgehead atoms. The Labute approximate surface area is 105 Å². The highest BCUT2D eigenvalue weighted by Crippen LogP contribution is 2.05. The Morgan fingerprint density at radius 2 is 1.47 bits per heavy atom. The monoisotopic (exact) mass is 239 g/mol. The number of aromatic nitrogens is 1. The van der Waals surface area contributed by atoms with E-state index >= 15 is 0 Å². The first-order valence-corrected chi connectivity index (χ1v) is 6.77. The number of hydrogen-bond acceptors (Lipinski definition) is 1. The predicted octanol–water partition coefficient (Wildman–Crippen LogP) is 5.29. The smallest absolute Gasteiger partial charge is 0.141 e. The summed E-state index contributed by atoms with van der Waals surface area (Å²) in [5.41, 5.74) is 0.852. The van der Waals surface area contributed by atoms with Crippen molar-refractivity contribution in [1.29, 1.82) is 0 Å². The van der Waals surface area contributed by atoms with Gasteiger partial charge in [0, 0.05) is 6.20 Å². The Morgan fingerprint density at radius 1 is 0.941 bits per heavy atom. The molecule has 1 aromatic heterocycles. The summed E-state index contributed by atoms with van der Waals surface area (Å²) in [6, 6.07) is 1.44. The van der Waals surface area contributed by atoms with Gasteiger partial charge in [0.15, 0.2) is 0 Å². The minimum Gasteiger partial charge on any atom is -0.261 e. The molecule has 1 nitrogen and oxygen atoms in total. The van der Waals surface area contributed by atoms with E-state index in [1.807, 2.05) is 0 Å². The van der Waals surface area contributed by atoms with Crippen LogP contribution in [0.4, 0.5) is 4.39 Å². The normalized spacial score (nSPS) is 9.65. The third-order valence-electron chi connectivity index (χ3n) is 2.55. The number of aryl methyl sites for hydroxylation is 1. The molecule has 98 valence electrons. The van der Waals surface area contributed by atoms with Crippen molar-refractivity contribution in [2.45, 2.75) is 65.7 Å². The molecule has 0 saturated carbocycles. The highest BCUT2D eigenvalue weighted by Gasteiger charge is 1.86. The van der Waals surface area contributed by atoms with Crippen molar-refractivity contribution in [3.63, 3.8) is 0 Å². The van der Waals surface area contributed by atoms with Gasteiger partial charge in [-0.05, 0) is 18.6 Å². The second-order valence-corrected chi connectivity index (χ2v) is 4.45. The predicted molar refractivity (Wildman–Crippen MR) is 72.6 cm³/mol. The number of unbranched alkanes of at least 4 members (excludes halogenated alkanes) is 6.